The summed E-state index contributed by atoms with van der Waals surface area (Å²) in [6.45, 7) is 2.66. The Bertz CT molecular complexity index is 1000. The standard InChI is InChI=1S/C21H21NO4S/c1-3-25-21(23)20-7-5-17(26-20)12-22-18-6-4-16(24-2)10-15(18)11-19(22)14-8-9-27-13-14/h4-11,14H,3,12-13H2,1-2H3. The molecule has 0 aliphatic carbocycles. The first-order chi connectivity index (χ1) is 13.2. The molecule has 0 bridgehead atoms. The quantitative estimate of drug-likeness (QED) is 0.572. The lowest BCUT2D eigenvalue weighted by molar-refractivity contribution is 0.0488. The number of benzene rings is 1. The molecule has 6 heteroatoms. The van der Waals surface area contributed by atoms with E-state index in [2.05, 4.69) is 28.2 Å². The predicted molar refractivity (Wildman–Crippen MR) is 107 cm³/mol. The molecule has 1 aromatic carbocycles. The van der Waals surface area contributed by atoms with Crippen LogP contribution in [0.15, 0.2) is 52.3 Å². The van der Waals surface area contributed by atoms with Gasteiger partial charge < -0.3 is 18.5 Å². The molecule has 0 N–H and O–H groups in total. The van der Waals surface area contributed by atoms with Gasteiger partial charge in [-0.25, -0.2) is 4.79 Å². The molecule has 3 aromatic rings. The average molecular weight is 383 g/mol. The zero-order valence-corrected chi connectivity index (χ0v) is 16.1. The molecule has 27 heavy (non-hydrogen) atoms. The van der Waals surface area contributed by atoms with Crippen LogP contribution in [-0.4, -0.2) is 30.0 Å². The van der Waals surface area contributed by atoms with Gasteiger partial charge >= 0.3 is 5.97 Å². The van der Waals surface area contributed by atoms with Crippen LogP contribution in [-0.2, 0) is 11.3 Å². The molecular formula is C21H21NO4S. The lowest BCUT2D eigenvalue weighted by Gasteiger charge is -2.13. The van der Waals surface area contributed by atoms with Crippen LogP contribution < -0.4 is 4.74 Å². The normalized spacial score (nSPS) is 16.1. The molecular weight excluding hydrogens is 362 g/mol. The van der Waals surface area contributed by atoms with Crippen molar-refractivity contribution < 1.29 is 18.7 Å². The van der Waals surface area contributed by atoms with Gasteiger partial charge in [0.15, 0.2) is 0 Å². The van der Waals surface area contributed by atoms with Gasteiger partial charge in [-0.1, -0.05) is 6.08 Å². The smallest absolute Gasteiger partial charge is 0.374 e. The van der Waals surface area contributed by atoms with E-state index in [-0.39, 0.29) is 5.76 Å². The number of carbonyl (C=O) groups excluding carboxylic acids is 1. The predicted octanol–water partition coefficient (Wildman–Crippen LogP) is 4.81. The number of ether oxygens (including phenoxy) is 2. The number of allylic oxidation sites excluding steroid dienone is 1. The molecule has 5 nitrogen and oxygen atoms in total. The van der Waals surface area contributed by atoms with Crippen LogP contribution in [0.3, 0.4) is 0 Å². The highest BCUT2D eigenvalue weighted by Crippen LogP contribution is 2.35. The minimum atomic E-state index is -0.429. The van der Waals surface area contributed by atoms with Gasteiger partial charge in [0.1, 0.15) is 11.5 Å². The van der Waals surface area contributed by atoms with Crippen LogP contribution in [0.25, 0.3) is 10.9 Å². The Morgan fingerprint density at radius 2 is 2.19 bits per heavy atom. The molecule has 0 spiro atoms. The maximum absolute atomic E-state index is 11.9. The number of furan rings is 1. The van der Waals surface area contributed by atoms with Crippen molar-refractivity contribution in [2.45, 2.75) is 19.4 Å². The van der Waals surface area contributed by atoms with Gasteiger partial charge in [-0.3, -0.25) is 0 Å². The second kappa shape index (κ2) is 7.56. The summed E-state index contributed by atoms with van der Waals surface area (Å²) in [6.07, 6.45) is 2.23. The zero-order chi connectivity index (χ0) is 18.8. The number of carbonyl (C=O) groups is 1. The Morgan fingerprint density at radius 1 is 1.30 bits per heavy atom. The molecule has 0 radical (unpaired) electrons. The number of thioether (sulfide) groups is 1. The van der Waals surface area contributed by atoms with Crippen LogP contribution >= 0.6 is 11.8 Å². The first kappa shape index (κ1) is 17.8. The van der Waals surface area contributed by atoms with Crippen LogP contribution in [0.1, 0.15) is 34.9 Å². The third kappa shape index (κ3) is 3.49. The number of aromatic nitrogens is 1. The summed E-state index contributed by atoms with van der Waals surface area (Å²) >= 11 is 1.82. The van der Waals surface area contributed by atoms with Crippen molar-refractivity contribution >= 4 is 28.6 Å². The van der Waals surface area contributed by atoms with Crippen LogP contribution in [0.4, 0.5) is 0 Å². The molecule has 0 saturated carbocycles. The molecule has 1 unspecified atom stereocenters. The van der Waals surface area contributed by atoms with Gasteiger partial charge in [-0.05, 0) is 48.7 Å². The first-order valence-corrected chi connectivity index (χ1v) is 9.95. The summed E-state index contributed by atoms with van der Waals surface area (Å²) in [7, 11) is 1.68. The lowest BCUT2D eigenvalue weighted by Crippen LogP contribution is -2.08. The minimum Gasteiger partial charge on any atom is -0.497 e. The summed E-state index contributed by atoms with van der Waals surface area (Å²) in [5.41, 5.74) is 2.35. The molecule has 4 rings (SSSR count). The van der Waals surface area contributed by atoms with E-state index in [1.807, 2.05) is 30.0 Å². The van der Waals surface area contributed by atoms with Crippen molar-refractivity contribution in [3.63, 3.8) is 0 Å². The van der Waals surface area contributed by atoms with Crippen LogP contribution in [0.5, 0.6) is 5.75 Å². The largest absolute Gasteiger partial charge is 0.497 e. The summed E-state index contributed by atoms with van der Waals surface area (Å²) in [5, 5.41) is 3.28. The van der Waals surface area contributed by atoms with E-state index < -0.39 is 5.97 Å². The Balaban J connectivity index is 1.72. The van der Waals surface area contributed by atoms with Crippen molar-refractivity contribution in [2.75, 3.05) is 19.5 Å². The average Bonchev–Trinajstić information content (AvgIpc) is 3.42. The fourth-order valence-electron chi connectivity index (χ4n) is 3.36. The van der Waals surface area contributed by atoms with Gasteiger partial charge in [0.2, 0.25) is 5.76 Å². The lowest BCUT2D eigenvalue weighted by atomic mass is 10.1. The second-order valence-electron chi connectivity index (χ2n) is 6.33. The fourth-order valence-corrected chi connectivity index (χ4v) is 4.26. The highest BCUT2D eigenvalue weighted by atomic mass is 32.2. The summed E-state index contributed by atoms with van der Waals surface area (Å²) < 4.78 is 18.4. The van der Waals surface area contributed by atoms with E-state index in [0.29, 0.717) is 19.1 Å². The molecule has 0 amide bonds. The minimum absolute atomic E-state index is 0.239. The summed E-state index contributed by atoms with van der Waals surface area (Å²) in [6, 6.07) is 11.8. The van der Waals surface area contributed by atoms with E-state index >= 15 is 0 Å². The number of esters is 1. The van der Waals surface area contributed by atoms with Crippen molar-refractivity contribution in [2.24, 2.45) is 0 Å². The number of rotatable bonds is 6. The van der Waals surface area contributed by atoms with E-state index in [9.17, 15) is 4.79 Å². The molecule has 0 fully saturated rings. The number of nitrogens with zero attached hydrogens (tertiary/aromatic N) is 1. The van der Waals surface area contributed by atoms with E-state index in [1.165, 1.54) is 5.69 Å². The third-order valence-corrected chi connectivity index (χ3v) is 5.56. The topological polar surface area (TPSA) is 53.6 Å². The second-order valence-corrected chi connectivity index (χ2v) is 7.27. The Hall–Kier alpha value is -2.60. The zero-order valence-electron chi connectivity index (χ0n) is 15.3. The Morgan fingerprint density at radius 3 is 2.93 bits per heavy atom. The number of hydrogen-bond donors (Lipinski definition) is 0. The first-order valence-electron chi connectivity index (χ1n) is 8.91. The van der Waals surface area contributed by atoms with Crippen molar-refractivity contribution in [3.8, 4) is 5.75 Å². The number of fused-ring (bicyclic) bond motifs is 1. The number of methoxy groups -OCH3 is 1. The van der Waals surface area contributed by atoms with Gasteiger partial charge in [-0.2, -0.15) is 0 Å². The third-order valence-electron chi connectivity index (χ3n) is 4.66. The van der Waals surface area contributed by atoms with Crippen molar-refractivity contribution in [3.05, 3.63) is 65.1 Å². The monoisotopic (exact) mass is 383 g/mol. The van der Waals surface area contributed by atoms with Crippen LogP contribution in [0.2, 0.25) is 0 Å². The highest BCUT2D eigenvalue weighted by Gasteiger charge is 2.21. The van der Waals surface area contributed by atoms with Gasteiger partial charge in [0.05, 0.1) is 20.3 Å². The summed E-state index contributed by atoms with van der Waals surface area (Å²) in [4.78, 5) is 11.9. The molecule has 1 aliphatic heterocycles. The fraction of sp³-hybridized carbons (Fsp3) is 0.286. The van der Waals surface area contributed by atoms with Gasteiger partial charge in [0, 0.05) is 28.3 Å². The van der Waals surface area contributed by atoms with Crippen molar-refractivity contribution in [1.29, 1.82) is 0 Å². The SMILES string of the molecule is CCOC(=O)c1ccc(Cn2c(C3C=CSC3)cc3cc(OC)ccc32)o1. The maximum atomic E-state index is 11.9. The van der Waals surface area contributed by atoms with E-state index in [0.717, 1.165) is 28.2 Å². The maximum Gasteiger partial charge on any atom is 0.374 e. The van der Waals surface area contributed by atoms with Crippen molar-refractivity contribution in [1.82, 2.24) is 4.57 Å². The molecule has 3 heterocycles. The molecule has 2 aromatic heterocycles. The molecule has 0 saturated heterocycles. The van der Waals surface area contributed by atoms with Gasteiger partial charge in [0.25, 0.3) is 0 Å². The van der Waals surface area contributed by atoms with E-state index in [4.69, 9.17) is 13.9 Å². The van der Waals surface area contributed by atoms with Gasteiger partial charge in [-0.15, -0.1) is 11.8 Å². The number of hydrogen-bond acceptors (Lipinski definition) is 5. The molecule has 1 atom stereocenters. The Labute approximate surface area is 161 Å². The van der Waals surface area contributed by atoms with E-state index in [1.54, 1.807) is 20.1 Å². The summed E-state index contributed by atoms with van der Waals surface area (Å²) in [5.74, 6) is 2.75. The molecule has 1 aliphatic rings. The molecule has 140 valence electrons. The Kier molecular flexibility index (Phi) is 4.99. The highest BCUT2D eigenvalue weighted by molar-refractivity contribution is 8.02. The van der Waals surface area contributed by atoms with Crippen LogP contribution in [0, 0.1) is 0 Å².